The molecule has 4 rings (SSSR count). The van der Waals surface area contributed by atoms with Crippen LogP contribution in [-0.2, 0) is 0 Å². The summed E-state index contributed by atoms with van der Waals surface area (Å²) in [7, 11) is 0. The first kappa shape index (κ1) is 19.5. The summed E-state index contributed by atoms with van der Waals surface area (Å²) in [5, 5.41) is 11.5. The van der Waals surface area contributed by atoms with Crippen LogP contribution in [0.2, 0.25) is 0 Å². The molecule has 0 saturated heterocycles. The zero-order valence-electron chi connectivity index (χ0n) is 16.0. The third-order valence-corrected chi connectivity index (χ3v) is 5.06. The fourth-order valence-electron chi connectivity index (χ4n) is 2.75. The number of pyridine rings is 1. The molecular formula is C22H18FN5OS. The smallest absolute Gasteiger partial charge is 0.323 e. The van der Waals surface area contributed by atoms with E-state index in [4.69, 9.17) is 0 Å². The van der Waals surface area contributed by atoms with Crippen LogP contribution >= 0.6 is 11.3 Å². The molecule has 0 bridgehead atoms. The maximum atomic E-state index is 13.0. The van der Waals surface area contributed by atoms with Crippen LogP contribution in [0.25, 0.3) is 11.3 Å². The van der Waals surface area contributed by atoms with E-state index in [2.05, 4.69) is 25.9 Å². The maximum Gasteiger partial charge on any atom is 0.323 e. The lowest BCUT2D eigenvalue weighted by atomic mass is 10.2. The van der Waals surface area contributed by atoms with Gasteiger partial charge in [-0.25, -0.2) is 14.2 Å². The standard InChI is InChI=1S/C22H18FN5OS/c1-14-4-7-18(26-21(29)25-17-8-5-16(23)6-9-17)11-19(14)27-22-28-20(13-30-22)15-3-2-10-24-12-15/h2-13H,1H3,(H,27,28)(H2,25,26,29). The Kier molecular flexibility index (Phi) is 5.67. The van der Waals surface area contributed by atoms with Gasteiger partial charge >= 0.3 is 6.03 Å². The second-order valence-corrected chi connectivity index (χ2v) is 7.38. The van der Waals surface area contributed by atoms with Crippen LogP contribution in [0.15, 0.2) is 72.4 Å². The Morgan fingerprint density at radius 1 is 1.03 bits per heavy atom. The molecule has 6 nitrogen and oxygen atoms in total. The van der Waals surface area contributed by atoms with E-state index >= 15 is 0 Å². The SMILES string of the molecule is Cc1ccc(NC(=O)Nc2ccc(F)cc2)cc1Nc1nc(-c2cccnc2)cs1. The van der Waals surface area contributed by atoms with Crippen LogP contribution in [0.5, 0.6) is 0 Å². The number of nitrogens with zero attached hydrogens (tertiary/aromatic N) is 2. The van der Waals surface area contributed by atoms with E-state index < -0.39 is 6.03 Å². The van der Waals surface area contributed by atoms with Gasteiger partial charge in [0.1, 0.15) is 5.82 Å². The fourth-order valence-corrected chi connectivity index (χ4v) is 3.49. The highest BCUT2D eigenvalue weighted by Crippen LogP contribution is 2.29. The average molecular weight is 419 g/mol. The molecule has 2 amide bonds. The number of aryl methyl sites for hydroxylation is 1. The first-order valence-corrected chi connectivity index (χ1v) is 10.0. The van der Waals surface area contributed by atoms with Crippen LogP contribution in [0.3, 0.4) is 0 Å². The first-order chi connectivity index (χ1) is 14.6. The summed E-state index contributed by atoms with van der Waals surface area (Å²) in [6, 6.07) is 14.6. The third-order valence-electron chi connectivity index (χ3n) is 4.30. The van der Waals surface area contributed by atoms with Crippen molar-refractivity contribution in [3.8, 4) is 11.3 Å². The van der Waals surface area contributed by atoms with Gasteiger partial charge in [0, 0.05) is 40.4 Å². The summed E-state index contributed by atoms with van der Waals surface area (Å²) in [6.45, 7) is 1.97. The molecule has 2 heterocycles. The minimum atomic E-state index is -0.412. The predicted molar refractivity (Wildman–Crippen MR) is 119 cm³/mol. The van der Waals surface area contributed by atoms with Gasteiger partial charge < -0.3 is 16.0 Å². The predicted octanol–water partition coefficient (Wildman–Crippen LogP) is 6.04. The number of nitrogens with one attached hydrogen (secondary N) is 3. The van der Waals surface area contributed by atoms with Crippen molar-refractivity contribution in [1.82, 2.24) is 9.97 Å². The molecule has 30 heavy (non-hydrogen) atoms. The molecule has 2 aromatic heterocycles. The zero-order valence-corrected chi connectivity index (χ0v) is 16.8. The molecule has 0 spiro atoms. The number of rotatable bonds is 5. The number of hydrogen-bond donors (Lipinski definition) is 3. The van der Waals surface area contributed by atoms with E-state index in [9.17, 15) is 9.18 Å². The Morgan fingerprint density at radius 3 is 2.57 bits per heavy atom. The molecule has 0 aliphatic rings. The number of carbonyl (C=O) groups excluding carboxylic acids is 1. The Bertz CT molecular complexity index is 1160. The molecule has 0 aliphatic carbocycles. The Hall–Kier alpha value is -3.78. The van der Waals surface area contributed by atoms with Gasteiger partial charge in [0.2, 0.25) is 0 Å². The summed E-state index contributed by atoms with van der Waals surface area (Å²) in [6.07, 6.45) is 3.50. The largest absolute Gasteiger partial charge is 0.331 e. The summed E-state index contributed by atoms with van der Waals surface area (Å²) in [4.78, 5) is 21.0. The summed E-state index contributed by atoms with van der Waals surface area (Å²) >= 11 is 1.49. The number of thiazole rings is 1. The first-order valence-electron chi connectivity index (χ1n) is 9.14. The molecule has 0 unspecified atom stereocenters. The van der Waals surface area contributed by atoms with E-state index in [1.807, 2.05) is 42.6 Å². The van der Waals surface area contributed by atoms with Gasteiger partial charge in [0.05, 0.1) is 5.69 Å². The van der Waals surface area contributed by atoms with Gasteiger partial charge in [-0.1, -0.05) is 6.07 Å². The second kappa shape index (κ2) is 8.71. The van der Waals surface area contributed by atoms with Crippen molar-refractivity contribution < 1.29 is 9.18 Å². The molecule has 2 aromatic carbocycles. The third kappa shape index (κ3) is 4.79. The minimum Gasteiger partial charge on any atom is -0.331 e. The molecule has 8 heteroatoms. The van der Waals surface area contributed by atoms with Gasteiger partial charge in [-0.05, 0) is 61.0 Å². The zero-order chi connectivity index (χ0) is 20.9. The average Bonchev–Trinajstić information content (AvgIpc) is 3.21. The van der Waals surface area contributed by atoms with Gasteiger partial charge in [0.25, 0.3) is 0 Å². The normalized spacial score (nSPS) is 10.5. The summed E-state index contributed by atoms with van der Waals surface area (Å²) in [5.41, 5.74) is 4.77. The molecular weight excluding hydrogens is 401 g/mol. The quantitative estimate of drug-likeness (QED) is 0.368. The molecule has 3 N–H and O–H groups in total. The molecule has 0 atom stereocenters. The van der Waals surface area contributed by atoms with Crippen LogP contribution in [0, 0.1) is 12.7 Å². The number of amides is 2. The van der Waals surface area contributed by atoms with Crippen molar-refractivity contribution in [2.45, 2.75) is 6.92 Å². The number of anilines is 4. The lowest BCUT2D eigenvalue weighted by Gasteiger charge is -2.11. The van der Waals surface area contributed by atoms with Crippen LogP contribution in [0.4, 0.5) is 31.4 Å². The molecule has 0 radical (unpaired) electrons. The molecule has 4 aromatic rings. The van der Waals surface area contributed by atoms with Gasteiger partial charge in [-0.15, -0.1) is 11.3 Å². The highest BCUT2D eigenvalue weighted by Gasteiger charge is 2.09. The van der Waals surface area contributed by atoms with Crippen LogP contribution < -0.4 is 16.0 Å². The highest BCUT2D eigenvalue weighted by molar-refractivity contribution is 7.14. The lowest BCUT2D eigenvalue weighted by molar-refractivity contribution is 0.262. The van der Waals surface area contributed by atoms with Gasteiger partial charge in [0.15, 0.2) is 5.13 Å². The van der Waals surface area contributed by atoms with Crippen LogP contribution in [0.1, 0.15) is 5.56 Å². The van der Waals surface area contributed by atoms with Crippen molar-refractivity contribution in [1.29, 1.82) is 0 Å². The van der Waals surface area contributed by atoms with Gasteiger partial charge in [-0.2, -0.15) is 0 Å². The molecule has 0 fully saturated rings. The summed E-state index contributed by atoms with van der Waals surface area (Å²) < 4.78 is 13.0. The maximum absolute atomic E-state index is 13.0. The van der Waals surface area contributed by atoms with Crippen molar-refractivity contribution in [3.05, 3.63) is 83.8 Å². The number of halogens is 1. The van der Waals surface area contributed by atoms with E-state index in [1.165, 1.54) is 35.6 Å². The second-order valence-electron chi connectivity index (χ2n) is 6.52. The van der Waals surface area contributed by atoms with Crippen molar-refractivity contribution >= 4 is 39.6 Å². The Labute approximate surface area is 176 Å². The van der Waals surface area contributed by atoms with E-state index in [1.54, 1.807) is 12.4 Å². The fraction of sp³-hybridized carbons (Fsp3) is 0.0455. The molecule has 0 saturated carbocycles. The number of urea groups is 1. The lowest BCUT2D eigenvalue weighted by Crippen LogP contribution is -2.19. The number of carbonyl (C=O) groups is 1. The Balaban J connectivity index is 1.45. The molecule has 0 aliphatic heterocycles. The molecule has 150 valence electrons. The highest BCUT2D eigenvalue weighted by atomic mass is 32.1. The minimum absolute atomic E-state index is 0.357. The van der Waals surface area contributed by atoms with E-state index in [0.29, 0.717) is 11.4 Å². The Morgan fingerprint density at radius 2 is 1.80 bits per heavy atom. The van der Waals surface area contributed by atoms with E-state index in [0.717, 1.165) is 27.6 Å². The van der Waals surface area contributed by atoms with Gasteiger partial charge in [-0.3, -0.25) is 4.98 Å². The van der Waals surface area contributed by atoms with Crippen molar-refractivity contribution in [3.63, 3.8) is 0 Å². The number of hydrogen-bond acceptors (Lipinski definition) is 5. The monoisotopic (exact) mass is 419 g/mol. The summed E-state index contributed by atoms with van der Waals surface area (Å²) in [5.74, 6) is -0.357. The van der Waals surface area contributed by atoms with Crippen molar-refractivity contribution in [2.75, 3.05) is 16.0 Å². The van der Waals surface area contributed by atoms with E-state index in [-0.39, 0.29) is 5.82 Å². The number of aromatic nitrogens is 2. The van der Waals surface area contributed by atoms with Crippen molar-refractivity contribution in [2.24, 2.45) is 0 Å². The number of benzene rings is 2. The van der Waals surface area contributed by atoms with Crippen LogP contribution in [-0.4, -0.2) is 16.0 Å². The topological polar surface area (TPSA) is 78.9 Å².